The van der Waals surface area contributed by atoms with Crippen molar-refractivity contribution in [3.63, 3.8) is 0 Å². The van der Waals surface area contributed by atoms with Gasteiger partial charge < -0.3 is 4.74 Å². The number of nitrogens with one attached hydrogen (secondary N) is 1. The predicted octanol–water partition coefficient (Wildman–Crippen LogP) is 4.21. The fraction of sp³-hybridized carbons (Fsp3) is 0.136. The number of H-pyrrole nitrogens is 1. The summed E-state index contributed by atoms with van der Waals surface area (Å²) in [6, 6.07) is 18.6. The topological polar surface area (TPSA) is 68.6 Å². The molecular formula is C22H19N5O. The van der Waals surface area contributed by atoms with Crippen molar-refractivity contribution in [1.29, 1.82) is 0 Å². The van der Waals surface area contributed by atoms with E-state index in [1.54, 1.807) is 25.8 Å². The van der Waals surface area contributed by atoms with Crippen molar-refractivity contribution < 1.29 is 4.74 Å². The van der Waals surface area contributed by atoms with E-state index in [9.17, 15) is 0 Å². The number of imidazole rings is 1. The minimum atomic E-state index is 0.00431. The van der Waals surface area contributed by atoms with E-state index in [0.29, 0.717) is 6.61 Å². The first-order valence-electron chi connectivity index (χ1n) is 9.14. The van der Waals surface area contributed by atoms with E-state index in [1.807, 2.05) is 30.3 Å². The van der Waals surface area contributed by atoms with Gasteiger partial charge in [-0.25, -0.2) is 9.97 Å². The van der Waals surface area contributed by atoms with Crippen molar-refractivity contribution in [3.8, 4) is 11.3 Å². The van der Waals surface area contributed by atoms with Crippen LogP contribution < -0.4 is 0 Å². The molecule has 5 rings (SSSR count). The van der Waals surface area contributed by atoms with Gasteiger partial charge in [0.15, 0.2) is 0 Å². The first-order valence-corrected chi connectivity index (χ1v) is 9.14. The first-order chi connectivity index (χ1) is 13.8. The second-order valence-corrected chi connectivity index (χ2v) is 6.71. The van der Waals surface area contributed by atoms with Gasteiger partial charge in [0, 0.05) is 30.5 Å². The zero-order valence-electron chi connectivity index (χ0n) is 15.4. The lowest BCUT2D eigenvalue weighted by Crippen LogP contribution is -2.17. The minimum Gasteiger partial charge on any atom is -0.382 e. The highest BCUT2D eigenvalue weighted by Crippen LogP contribution is 2.33. The molecule has 0 spiro atoms. The summed E-state index contributed by atoms with van der Waals surface area (Å²) in [6.07, 6.45) is 5.21. The number of hydrogen-bond donors (Lipinski definition) is 1. The van der Waals surface area contributed by atoms with Gasteiger partial charge in [0.25, 0.3) is 0 Å². The quantitative estimate of drug-likeness (QED) is 0.504. The van der Waals surface area contributed by atoms with Crippen molar-refractivity contribution in [1.82, 2.24) is 24.7 Å². The Bertz CT molecular complexity index is 1230. The van der Waals surface area contributed by atoms with E-state index in [-0.39, 0.29) is 6.04 Å². The molecule has 138 valence electrons. The molecule has 3 aromatic heterocycles. The second kappa shape index (κ2) is 6.90. The van der Waals surface area contributed by atoms with Crippen molar-refractivity contribution in [3.05, 3.63) is 78.9 Å². The zero-order chi connectivity index (χ0) is 18.9. The van der Waals surface area contributed by atoms with Crippen LogP contribution in [0.2, 0.25) is 0 Å². The Morgan fingerprint density at radius 3 is 2.50 bits per heavy atom. The molecule has 1 atom stereocenters. The van der Waals surface area contributed by atoms with Crippen LogP contribution in [-0.2, 0) is 4.74 Å². The van der Waals surface area contributed by atoms with E-state index < -0.39 is 0 Å². The Balaban J connectivity index is 1.80. The average Bonchev–Trinajstić information content (AvgIpc) is 3.36. The van der Waals surface area contributed by atoms with Crippen LogP contribution in [0, 0.1) is 0 Å². The molecule has 6 heteroatoms. The summed E-state index contributed by atoms with van der Waals surface area (Å²) >= 11 is 0. The second-order valence-electron chi connectivity index (χ2n) is 6.71. The molecule has 0 amide bonds. The molecule has 5 aromatic rings. The summed E-state index contributed by atoms with van der Waals surface area (Å²) in [5, 5.41) is 4.70. The van der Waals surface area contributed by atoms with Gasteiger partial charge >= 0.3 is 0 Å². The Hall–Kier alpha value is -3.51. The normalized spacial score (nSPS) is 12.6. The summed E-state index contributed by atoms with van der Waals surface area (Å²) in [5.74, 6) is 0. The first kappa shape index (κ1) is 16.6. The van der Waals surface area contributed by atoms with E-state index in [4.69, 9.17) is 4.74 Å². The number of rotatable bonds is 5. The molecule has 0 aliphatic rings. The SMILES string of the molecule is COC[C@H](c1ccccc1)n1[nH]c(-c2ccncc2)c2cc3ncnc3cc21. The van der Waals surface area contributed by atoms with Gasteiger partial charge in [-0.2, -0.15) is 0 Å². The van der Waals surface area contributed by atoms with Crippen LogP contribution in [0.3, 0.4) is 0 Å². The fourth-order valence-corrected chi connectivity index (χ4v) is 3.70. The molecule has 0 aliphatic heterocycles. The summed E-state index contributed by atoms with van der Waals surface area (Å²) in [5.41, 5.74) is 6.10. The van der Waals surface area contributed by atoms with Crippen molar-refractivity contribution in [2.24, 2.45) is 0 Å². The monoisotopic (exact) mass is 369 g/mol. The predicted molar refractivity (Wildman–Crippen MR) is 109 cm³/mol. The van der Waals surface area contributed by atoms with Crippen LogP contribution in [0.15, 0.2) is 73.3 Å². The van der Waals surface area contributed by atoms with Crippen LogP contribution in [0.5, 0.6) is 0 Å². The van der Waals surface area contributed by atoms with Crippen LogP contribution in [0.4, 0.5) is 0 Å². The molecule has 0 radical (unpaired) electrons. The molecule has 0 aliphatic carbocycles. The lowest BCUT2D eigenvalue weighted by molar-refractivity contribution is 0.166. The summed E-state index contributed by atoms with van der Waals surface area (Å²) < 4.78 is 7.74. The summed E-state index contributed by atoms with van der Waals surface area (Å²) in [6.45, 7) is 0.546. The highest BCUT2D eigenvalue weighted by molar-refractivity contribution is 6.00. The van der Waals surface area contributed by atoms with E-state index >= 15 is 0 Å². The molecule has 28 heavy (non-hydrogen) atoms. The van der Waals surface area contributed by atoms with Gasteiger partial charge in [0.1, 0.15) is 6.33 Å². The highest BCUT2D eigenvalue weighted by atomic mass is 16.5. The third kappa shape index (κ3) is 2.75. The number of pyridine rings is 1. The van der Waals surface area contributed by atoms with Gasteiger partial charge in [0.2, 0.25) is 0 Å². The highest BCUT2D eigenvalue weighted by Gasteiger charge is 2.20. The van der Waals surface area contributed by atoms with Gasteiger partial charge in [-0.05, 0) is 29.8 Å². The minimum absolute atomic E-state index is 0.00431. The Morgan fingerprint density at radius 2 is 1.75 bits per heavy atom. The smallest absolute Gasteiger partial charge is 0.116 e. The van der Waals surface area contributed by atoms with Gasteiger partial charge in [-0.3, -0.25) is 14.8 Å². The maximum atomic E-state index is 5.57. The number of nitrogens with zero attached hydrogens (tertiary/aromatic N) is 4. The Labute approximate surface area is 161 Å². The van der Waals surface area contributed by atoms with E-state index in [1.165, 1.54) is 5.56 Å². The molecule has 0 bridgehead atoms. The molecule has 0 saturated carbocycles. The van der Waals surface area contributed by atoms with Crippen LogP contribution in [0.1, 0.15) is 11.6 Å². The molecule has 0 saturated heterocycles. The van der Waals surface area contributed by atoms with Crippen LogP contribution in [-0.4, -0.2) is 38.4 Å². The van der Waals surface area contributed by atoms with Gasteiger partial charge in [-0.1, -0.05) is 30.3 Å². The number of ether oxygens (including phenoxy) is 1. The lowest BCUT2D eigenvalue weighted by atomic mass is 10.1. The maximum absolute atomic E-state index is 5.57. The molecule has 0 unspecified atom stereocenters. The van der Waals surface area contributed by atoms with Crippen molar-refractivity contribution in [2.45, 2.75) is 6.04 Å². The maximum Gasteiger partial charge on any atom is 0.116 e. The van der Waals surface area contributed by atoms with Gasteiger partial charge in [0.05, 0.1) is 34.9 Å². The van der Waals surface area contributed by atoms with Crippen molar-refractivity contribution in [2.75, 3.05) is 13.7 Å². The zero-order valence-corrected chi connectivity index (χ0v) is 15.4. The molecule has 0 fully saturated rings. The van der Waals surface area contributed by atoms with E-state index in [2.05, 4.69) is 49.0 Å². The third-order valence-corrected chi connectivity index (χ3v) is 5.04. The molecule has 3 heterocycles. The summed E-state index contributed by atoms with van der Waals surface area (Å²) in [4.78, 5) is 12.9. The number of hydrogen-bond acceptors (Lipinski definition) is 4. The standard InChI is InChI=1S/C22H19N5O/c1-28-13-21(15-5-3-2-4-6-15)27-20-12-19-18(24-14-25-19)11-17(20)22(26-27)16-7-9-23-10-8-16/h2-12,14,21,26H,13H2,1H3/t21-/m1/s1. The number of fused-ring (bicyclic) bond motifs is 2. The third-order valence-electron chi connectivity index (χ3n) is 5.04. The van der Waals surface area contributed by atoms with Gasteiger partial charge in [-0.15, -0.1) is 0 Å². The number of methoxy groups -OCH3 is 1. The molecule has 1 N–H and O–H groups in total. The van der Waals surface area contributed by atoms with Crippen LogP contribution >= 0.6 is 0 Å². The Morgan fingerprint density at radius 1 is 1.00 bits per heavy atom. The molecular weight excluding hydrogens is 350 g/mol. The summed E-state index contributed by atoms with van der Waals surface area (Å²) in [7, 11) is 1.73. The molecule has 6 nitrogen and oxygen atoms in total. The van der Waals surface area contributed by atoms with Crippen molar-refractivity contribution >= 4 is 21.9 Å². The Kier molecular flexibility index (Phi) is 4.10. The number of benzene rings is 2. The number of aromatic amines is 1. The fourth-order valence-electron chi connectivity index (χ4n) is 3.70. The molecule has 2 aromatic carbocycles. The average molecular weight is 369 g/mol. The van der Waals surface area contributed by atoms with E-state index in [0.717, 1.165) is 33.2 Å². The van der Waals surface area contributed by atoms with Crippen LogP contribution in [0.25, 0.3) is 33.2 Å². The largest absolute Gasteiger partial charge is 0.382 e. The lowest BCUT2D eigenvalue weighted by Gasteiger charge is -2.19. The number of aromatic nitrogens is 5.